The van der Waals surface area contributed by atoms with Crippen LogP contribution in [-0.4, -0.2) is 50.6 Å². The standard InChI is InChI=1S/C16H24N4O/c1-3-6-17-15-13-5-4-12(11-14(13)18-16(15)21)20-9-7-19(2)8-10-20/h4-5,11,15,17H,3,6-10H2,1-2H3,(H,18,21). The Morgan fingerprint density at radius 2 is 2.05 bits per heavy atom. The van der Waals surface area contributed by atoms with Crippen molar-refractivity contribution < 1.29 is 4.79 Å². The second kappa shape index (κ2) is 6.03. The molecule has 0 radical (unpaired) electrons. The first kappa shape index (κ1) is 14.4. The van der Waals surface area contributed by atoms with Gasteiger partial charge in [0.05, 0.1) is 0 Å². The number of amides is 1. The maximum Gasteiger partial charge on any atom is 0.246 e. The van der Waals surface area contributed by atoms with E-state index in [2.05, 4.69) is 52.6 Å². The highest BCUT2D eigenvalue weighted by Gasteiger charge is 2.30. The van der Waals surface area contributed by atoms with E-state index in [0.717, 1.165) is 50.4 Å². The molecule has 1 saturated heterocycles. The number of benzene rings is 1. The summed E-state index contributed by atoms with van der Waals surface area (Å²) in [5.41, 5.74) is 3.25. The molecule has 21 heavy (non-hydrogen) atoms. The molecule has 2 aliphatic rings. The molecule has 2 aliphatic heterocycles. The molecule has 0 saturated carbocycles. The minimum Gasteiger partial charge on any atom is -0.369 e. The van der Waals surface area contributed by atoms with E-state index >= 15 is 0 Å². The number of rotatable bonds is 4. The molecular weight excluding hydrogens is 264 g/mol. The summed E-state index contributed by atoms with van der Waals surface area (Å²) in [7, 11) is 2.16. The minimum absolute atomic E-state index is 0.0639. The average molecular weight is 288 g/mol. The molecule has 1 amide bonds. The van der Waals surface area contributed by atoms with Crippen molar-refractivity contribution in [2.75, 3.05) is 50.0 Å². The number of piperazine rings is 1. The Kier molecular flexibility index (Phi) is 4.12. The maximum atomic E-state index is 12.1. The van der Waals surface area contributed by atoms with E-state index in [0.29, 0.717) is 0 Å². The molecule has 1 fully saturated rings. The molecule has 1 aromatic rings. The summed E-state index contributed by atoms with van der Waals surface area (Å²) < 4.78 is 0. The van der Waals surface area contributed by atoms with Crippen molar-refractivity contribution in [3.63, 3.8) is 0 Å². The summed E-state index contributed by atoms with van der Waals surface area (Å²) in [6.07, 6.45) is 1.03. The molecular formula is C16H24N4O. The number of carbonyl (C=O) groups is 1. The fraction of sp³-hybridized carbons (Fsp3) is 0.562. The van der Waals surface area contributed by atoms with Gasteiger partial charge in [-0.2, -0.15) is 0 Å². The van der Waals surface area contributed by atoms with E-state index in [1.807, 2.05) is 0 Å². The SMILES string of the molecule is CCCNC1C(=O)Nc2cc(N3CCN(C)CC3)ccc21. The third-order valence-electron chi connectivity index (χ3n) is 4.33. The van der Waals surface area contributed by atoms with Crippen LogP contribution in [0, 0.1) is 0 Å². The van der Waals surface area contributed by atoms with Crippen LogP contribution in [0.2, 0.25) is 0 Å². The molecule has 0 aliphatic carbocycles. The van der Waals surface area contributed by atoms with Crippen LogP contribution in [0.3, 0.4) is 0 Å². The predicted octanol–water partition coefficient (Wildman–Crippen LogP) is 1.43. The molecule has 0 aromatic heterocycles. The Labute approximate surface area is 126 Å². The van der Waals surface area contributed by atoms with Crippen molar-refractivity contribution in [3.05, 3.63) is 23.8 Å². The van der Waals surface area contributed by atoms with Crippen molar-refractivity contribution in [3.8, 4) is 0 Å². The van der Waals surface area contributed by atoms with Crippen LogP contribution >= 0.6 is 0 Å². The summed E-state index contributed by atoms with van der Waals surface area (Å²) in [6.45, 7) is 7.23. The molecule has 0 bridgehead atoms. The lowest BCUT2D eigenvalue weighted by Crippen LogP contribution is -2.44. The van der Waals surface area contributed by atoms with E-state index in [-0.39, 0.29) is 11.9 Å². The molecule has 3 rings (SSSR count). The molecule has 2 N–H and O–H groups in total. The van der Waals surface area contributed by atoms with E-state index < -0.39 is 0 Å². The summed E-state index contributed by atoms with van der Waals surface area (Å²) in [5.74, 6) is 0.0639. The zero-order chi connectivity index (χ0) is 14.8. The van der Waals surface area contributed by atoms with Gasteiger partial charge in [0.25, 0.3) is 0 Å². The van der Waals surface area contributed by atoms with Gasteiger partial charge in [-0.25, -0.2) is 0 Å². The van der Waals surface area contributed by atoms with Gasteiger partial charge in [0.15, 0.2) is 0 Å². The van der Waals surface area contributed by atoms with E-state index in [4.69, 9.17) is 0 Å². The lowest BCUT2D eigenvalue weighted by Gasteiger charge is -2.34. The Bertz CT molecular complexity index is 523. The number of anilines is 2. The molecule has 1 atom stereocenters. The van der Waals surface area contributed by atoms with Crippen molar-refractivity contribution in [2.45, 2.75) is 19.4 Å². The Morgan fingerprint density at radius 3 is 2.76 bits per heavy atom. The Morgan fingerprint density at radius 1 is 1.29 bits per heavy atom. The fourth-order valence-corrected chi connectivity index (χ4v) is 3.00. The van der Waals surface area contributed by atoms with Gasteiger partial charge in [-0.1, -0.05) is 13.0 Å². The van der Waals surface area contributed by atoms with Gasteiger partial charge in [-0.15, -0.1) is 0 Å². The van der Waals surface area contributed by atoms with Gasteiger partial charge in [0, 0.05) is 43.1 Å². The third-order valence-corrected chi connectivity index (χ3v) is 4.33. The van der Waals surface area contributed by atoms with Gasteiger partial charge in [-0.3, -0.25) is 4.79 Å². The highest BCUT2D eigenvalue weighted by atomic mass is 16.2. The molecule has 5 nitrogen and oxygen atoms in total. The number of fused-ring (bicyclic) bond motifs is 1. The van der Waals surface area contributed by atoms with Crippen molar-refractivity contribution in [2.24, 2.45) is 0 Å². The normalized spacial score (nSPS) is 22.3. The van der Waals surface area contributed by atoms with Gasteiger partial charge in [-0.05, 0) is 32.1 Å². The van der Waals surface area contributed by atoms with Crippen LogP contribution in [0.4, 0.5) is 11.4 Å². The van der Waals surface area contributed by atoms with Crippen molar-refractivity contribution in [1.29, 1.82) is 0 Å². The quantitative estimate of drug-likeness (QED) is 0.880. The lowest BCUT2D eigenvalue weighted by atomic mass is 10.1. The Hall–Kier alpha value is -1.59. The van der Waals surface area contributed by atoms with Crippen LogP contribution in [0.5, 0.6) is 0 Å². The monoisotopic (exact) mass is 288 g/mol. The number of hydrogen-bond donors (Lipinski definition) is 2. The summed E-state index contributed by atoms with van der Waals surface area (Å²) in [6, 6.07) is 6.16. The van der Waals surface area contributed by atoms with E-state index in [1.54, 1.807) is 0 Å². The summed E-state index contributed by atoms with van der Waals surface area (Å²) in [4.78, 5) is 16.8. The number of likely N-dealkylation sites (N-methyl/N-ethyl adjacent to an activating group) is 1. The Balaban J connectivity index is 1.77. The van der Waals surface area contributed by atoms with Crippen LogP contribution in [0.15, 0.2) is 18.2 Å². The number of carbonyl (C=O) groups excluding carboxylic acids is 1. The second-order valence-electron chi connectivity index (χ2n) is 5.94. The van der Waals surface area contributed by atoms with Crippen LogP contribution < -0.4 is 15.5 Å². The first-order chi connectivity index (χ1) is 10.2. The number of hydrogen-bond acceptors (Lipinski definition) is 4. The zero-order valence-corrected chi connectivity index (χ0v) is 12.9. The minimum atomic E-state index is -0.193. The molecule has 2 heterocycles. The van der Waals surface area contributed by atoms with E-state index in [9.17, 15) is 4.79 Å². The van der Waals surface area contributed by atoms with Crippen LogP contribution in [-0.2, 0) is 4.79 Å². The number of nitrogens with one attached hydrogen (secondary N) is 2. The smallest absolute Gasteiger partial charge is 0.246 e. The topological polar surface area (TPSA) is 47.6 Å². The lowest BCUT2D eigenvalue weighted by molar-refractivity contribution is -0.117. The number of nitrogens with zero attached hydrogens (tertiary/aromatic N) is 2. The molecule has 5 heteroatoms. The molecule has 1 unspecified atom stereocenters. The average Bonchev–Trinajstić information content (AvgIpc) is 2.80. The third kappa shape index (κ3) is 2.89. The zero-order valence-electron chi connectivity index (χ0n) is 12.9. The van der Waals surface area contributed by atoms with Crippen molar-refractivity contribution in [1.82, 2.24) is 10.2 Å². The van der Waals surface area contributed by atoms with Gasteiger partial charge >= 0.3 is 0 Å². The van der Waals surface area contributed by atoms with Gasteiger partial charge in [0.1, 0.15) is 6.04 Å². The molecule has 114 valence electrons. The highest BCUT2D eigenvalue weighted by molar-refractivity contribution is 6.03. The first-order valence-electron chi connectivity index (χ1n) is 7.80. The van der Waals surface area contributed by atoms with E-state index in [1.165, 1.54) is 5.69 Å². The fourth-order valence-electron chi connectivity index (χ4n) is 3.00. The largest absolute Gasteiger partial charge is 0.369 e. The van der Waals surface area contributed by atoms with Gasteiger partial charge in [0.2, 0.25) is 5.91 Å². The maximum absolute atomic E-state index is 12.1. The summed E-state index contributed by atoms with van der Waals surface area (Å²) >= 11 is 0. The predicted molar refractivity (Wildman–Crippen MR) is 85.8 cm³/mol. The summed E-state index contributed by atoms with van der Waals surface area (Å²) in [5, 5.41) is 6.32. The van der Waals surface area contributed by atoms with Crippen LogP contribution in [0.1, 0.15) is 24.9 Å². The van der Waals surface area contributed by atoms with Gasteiger partial charge < -0.3 is 20.4 Å². The highest BCUT2D eigenvalue weighted by Crippen LogP contribution is 2.34. The second-order valence-corrected chi connectivity index (χ2v) is 5.94. The molecule has 1 aromatic carbocycles. The van der Waals surface area contributed by atoms with Crippen LogP contribution in [0.25, 0.3) is 0 Å². The van der Waals surface area contributed by atoms with Crippen molar-refractivity contribution >= 4 is 17.3 Å². The first-order valence-corrected chi connectivity index (χ1v) is 7.80. The molecule has 0 spiro atoms.